The molecule has 0 unspecified atom stereocenters. The third-order valence-corrected chi connectivity index (χ3v) is 20.2. The van der Waals surface area contributed by atoms with Crippen molar-refractivity contribution in [3.8, 4) is 77.6 Å². The van der Waals surface area contributed by atoms with Crippen LogP contribution in [0.3, 0.4) is 0 Å². The van der Waals surface area contributed by atoms with E-state index in [1.54, 1.807) is 38.5 Å². The van der Waals surface area contributed by atoms with Crippen molar-refractivity contribution in [1.82, 2.24) is 19.6 Å². The van der Waals surface area contributed by atoms with E-state index in [-0.39, 0.29) is 41.3 Å². The second kappa shape index (κ2) is 28.8. The fraction of sp³-hybridized carbons (Fsp3) is 0.427. The number of thiophene rings is 2. The average Bonchev–Trinajstić information content (AvgIpc) is 1.47. The topological polar surface area (TPSA) is 178 Å². The number of rotatable bonds is 22. The SMILES string of the molecule is COc1c(CN2CCOCC2)ccc(C(=O)c2ccc(CN3CCOCC3)c(OC)c2-c2c(-c3ccc(OCCN4CCC[C@H]4C(=O)OC(C)(C)C)cc3)sc3cc(O)ccc23)c1-c1c(-c2ccc(OCCN3CCC[C@H]3C(=O)OC(C)(C)C)cc2)sc2cc(O)ccc12. The maximum absolute atomic E-state index is 16.9. The van der Waals surface area contributed by atoms with Crippen molar-refractivity contribution < 1.29 is 62.5 Å². The molecule has 17 nitrogen and oxygen atoms in total. The average molecular weight is 1320 g/mol. The number of ketones is 1. The second-order valence-electron chi connectivity index (χ2n) is 26.6. The minimum absolute atomic E-state index is 0.113. The molecule has 2 atom stereocenters. The molecule has 94 heavy (non-hydrogen) atoms. The fourth-order valence-electron chi connectivity index (χ4n) is 13.5. The standard InChI is InChI=1S/C75H86N4O13S2/c1-74(2,3)91-72(83)59-11-9-29-78(59)35-41-89-53-21-13-47(14-22-53)70-65(55-27-19-51(80)43-61(55)93-70)63-57(25-17-49(68(63)85-7)45-76-31-37-87-38-32-76)67(82)58-26-18-50(46-77-33-39-88-40-34-77)69(86-8)64(58)66-56-28-20-52(81)44-62(56)94-71(66)48-15-23-54(24-16-48)90-42-36-79-30-10-12-60(79)73(84)92-75(4,5)6/h13-28,43-44,59-60,80-81H,9-12,29-42,45-46H2,1-8H3/t59-,60-/m0/s1. The van der Waals surface area contributed by atoms with Crippen molar-refractivity contribution in [1.29, 1.82) is 0 Å². The predicted octanol–water partition coefficient (Wildman–Crippen LogP) is 13.5. The molecule has 4 saturated heterocycles. The molecule has 0 bridgehead atoms. The molecule has 0 spiro atoms. The van der Waals surface area contributed by atoms with Gasteiger partial charge in [0.25, 0.3) is 0 Å². The number of methoxy groups -OCH3 is 2. The summed E-state index contributed by atoms with van der Waals surface area (Å²) in [5.41, 5.74) is 5.97. The molecule has 19 heteroatoms. The first-order valence-corrected chi connectivity index (χ1v) is 34.4. The summed E-state index contributed by atoms with van der Waals surface area (Å²) in [4.78, 5) is 53.9. The van der Waals surface area contributed by atoms with Crippen LogP contribution in [-0.2, 0) is 41.6 Å². The number of ether oxygens (including phenoxy) is 8. The van der Waals surface area contributed by atoms with Gasteiger partial charge < -0.3 is 48.1 Å². The molecule has 8 aromatic rings. The van der Waals surface area contributed by atoms with E-state index in [9.17, 15) is 19.8 Å². The molecule has 0 saturated carbocycles. The summed E-state index contributed by atoms with van der Waals surface area (Å²) in [5, 5.41) is 23.9. The Morgan fingerprint density at radius 2 is 0.904 bits per heavy atom. The third-order valence-electron chi connectivity index (χ3n) is 17.8. The van der Waals surface area contributed by atoms with Crippen molar-refractivity contribution in [2.45, 2.75) is 104 Å². The highest BCUT2D eigenvalue weighted by atomic mass is 32.1. The number of hydrogen-bond acceptors (Lipinski definition) is 19. The zero-order chi connectivity index (χ0) is 65.8. The van der Waals surface area contributed by atoms with Crippen LogP contribution < -0.4 is 18.9 Å². The Morgan fingerprint density at radius 3 is 1.28 bits per heavy atom. The zero-order valence-corrected chi connectivity index (χ0v) is 56.8. The van der Waals surface area contributed by atoms with Gasteiger partial charge in [-0.25, -0.2) is 0 Å². The Bertz CT molecular complexity index is 3770. The predicted molar refractivity (Wildman–Crippen MR) is 369 cm³/mol. The van der Waals surface area contributed by atoms with Gasteiger partial charge in [0.2, 0.25) is 0 Å². The van der Waals surface area contributed by atoms with Crippen LogP contribution in [0.2, 0.25) is 0 Å². The van der Waals surface area contributed by atoms with E-state index < -0.39 is 11.2 Å². The second-order valence-corrected chi connectivity index (χ2v) is 28.7. The van der Waals surface area contributed by atoms with Crippen LogP contribution in [0, 0.1) is 0 Å². The molecule has 0 radical (unpaired) electrons. The number of nitrogens with zero attached hydrogens (tertiary/aromatic N) is 4. The third kappa shape index (κ3) is 14.9. The van der Waals surface area contributed by atoms with E-state index >= 15 is 4.79 Å². The van der Waals surface area contributed by atoms with Crippen molar-refractivity contribution in [2.75, 3.05) is 106 Å². The van der Waals surface area contributed by atoms with Crippen molar-refractivity contribution in [2.24, 2.45) is 0 Å². The van der Waals surface area contributed by atoms with Gasteiger partial charge in [0, 0.05) is 127 Å². The van der Waals surface area contributed by atoms with E-state index in [2.05, 4.69) is 19.6 Å². The number of esters is 2. The number of hydrogen-bond donors (Lipinski definition) is 2. The van der Waals surface area contributed by atoms with Crippen LogP contribution in [0.5, 0.6) is 34.5 Å². The summed E-state index contributed by atoms with van der Waals surface area (Å²) in [6.45, 7) is 21.2. The van der Waals surface area contributed by atoms with Gasteiger partial charge in [-0.3, -0.25) is 34.0 Å². The lowest BCUT2D eigenvalue weighted by atomic mass is 9.84. The molecule has 6 aromatic carbocycles. The lowest BCUT2D eigenvalue weighted by Gasteiger charge is -2.29. The van der Waals surface area contributed by atoms with Crippen LogP contribution in [0.25, 0.3) is 63.3 Å². The van der Waals surface area contributed by atoms with Crippen LogP contribution in [-0.4, -0.2) is 177 Å². The Balaban J connectivity index is 0.957. The Hall–Kier alpha value is -7.59. The van der Waals surface area contributed by atoms with E-state index in [0.717, 1.165) is 128 Å². The normalized spacial score (nSPS) is 17.8. The van der Waals surface area contributed by atoms with E-state index in [0.29, 0.717) is 111 Å². The summed E-state index contributed by atoms with van der Waals surface area (Å²) >= 11 is 3.05. The first kappa shape index (κ1) is 66.4. The van der Waals surface area contributed by atoms with Gasteiger partial charge in [-0.05, 0) is 189 Å². The van der Waals surface area contributed by atoms with Gasteiger partial charge in [0.15, 0.2) is 5.78 Å². The van der Waals surface area contributed by atoms with Gasteiger partial charge in [-0.15, -0.1) is 22.7 Å². The minimum Gasteiger partial charge on any atom is -0.508 e. The summed E-state index contributed by atoms with van der Waals surface area (Å²) in [6.07, 6.45) is 3.32. The maximum atomic E-state index is 16.9. The Morgan fingerprint density at radius 1 is 0.511 bits per heavy atom. The maximum Gasteiger partial charge on any atom is 0.323 e. The monoisotopic (exact) mass is 1310 g/mol. The number of carbonyl (C=O) groups excluding carboxylic acids is 3. The van der Waals surface area contributed by atoms with Crippen molar-refractivity contribution in [3.63, 3.8) is 0 Å². The molecule has 0 amide bonds. The lowest BCUT2D eigenvalue weighted by molar-refractivity contribution is -0.161. The molecule has 4 aliphatic heterocycles. The molecule has 2 aromatic heterocycles. The van der Waals surface area contributed by atoms with Gasteiger partial charge >= 0.3 is 11.9 Å². The first-order chi connectivity index (χ1) is 45.3. The first-order valence-electron chi connectivity index (χ1n) is 32.8. The Kier molecular flexibility index (Phi) is 20.3. The van der Waals surface area contributed by atoms with E-state index in [1.165, 1.54) is 22.7 Å². The van der Waals surface area contributed by atoms with Crippen molar-refractivity contribution in [3.05, 3.63) is 131 Å². The molecule has 6 heterocycles. The number of carbonyl (C=O) groups is 3. The van der Waals surface area contributed by atoms with Crippen LogP contribution >= 0.6 is 22.7 Å². The number of fused-ring (bicyclic) bond motifs is 2. The number of likely N-dealkylation sites (tertiary alicyclic amines) is 2. The zero-order valence-electron chi connectivity index (χ0n) is 55.2. The molecule has 0 aliphatic carbocycles. The summed E-state index contributed by atoms with van der Waals surface area (Å²) < 4.78 is 50.9. The highest BCUT2D eigenvalue weighted by Crippen LogP contribution is 2.54. The smallest absolute Gasteiger partial charge is 0.323 e. The van der Waals surface area contributed by atoms with Gasteiger partial charge in [-0.1, -0.05) is 12.1 Å². The summed E-state index contributed by atoms with van der Waals surface area (Å²) in [5.74, 6) is 2.00. The Labute approximate surface area is 558 Å². The largest absolute Gasteiger partial charge is 0.508 e. The number of morpholine rings is 2. The quantitative estimate of drug-likeness (QED) is 0.0483. The highest BCUT2D eigenvalue weighted by Gasteiger charge is 2.37. The highest BCUT2D eigenvalue weighted by molar-refractivity contribution is 7.23. The van der Waals surface area contributed by atoms with E-state index in [1.807, 2.05) is 126 Å². The van der Waals surface area contributed by atoms with Crippen LogP contribution in [0.1, 0.15) is 94.3 Å². The molecular formula is C75H86N4O13S2. The number of phenols is 2. The molecule has 496 valence electrons. The minimum atomic E-state index is -0.571. The number of phenolic OH excluding ortho intramolecular Hbond substituents is 2. The van der Waals surface area contributed by atoms with Gasteiger partial charge in [0.1, 0.15) is 71.0 Å². The number of aromatic hydroxyl groups is 2. The van der Waals surface area contributed by atoms with Crippen molar-refractivity contribution >= 4 is 60.6 Å². The fourth-order valence-corrected chi connectivity index (χ4v) is 16.0. The molecule has 4 fully saturated rings. The summed E-state index contributed by atoms with van der Waals surface area (Å²) in [6, 6.07) is 34.0. The molecule has 12 rings (SSSR count). The number of benzene rings is 6. The molecule has 2 N–H and O–H groups in total. The summed E-state index contributed by atoms with van der Waals surface area (Å²) in [7, 11) is 3.33. The molecule has 4 aliphatic rings. The van der Waals surface area contributed by atoms with Gasteiger partial charge in [0.05, 0.1) is 40.6 Å². The van der Waals surface area contributed by atoms with E-state index in [4.69, 9.17) is 37.9 Å². The van der Waals surface area contributed by atoms with Crippen LogP contribution in [0.4, 0.5) is 0 Å². The lowest BCUT2D eigenvalue weighted by Crippen LogP contribution is -2.42. The van der Waals surface area contributed by atoms with Gasteiger partial charge in [-0.2, -0.15) is 0 Å². The van der Waals surface area contributed by atoms with Crippen LogP contribution in [0.15, 0.2) is 109 Å². The molecular weight excluding hydrogens is 1230 g/mol.